The van der Waals surface area contributed by atoms with Crippen molar-refractivity contribution < 1.29 is 41.8 Å². The molecule has 1 heterocycles. The zero-order valence-corrected chi connectivity index (χ0v) is 26.8. The van der Waals surface area contributed by atoms with Crippen molar-refractivity contribution in [3.63, 3.8) is 0 Å². The van der Waals surface area contributed by atoms with Crippen molar-refractivity contribution in [1.82, 2.24) is 4.90 Å². The molecule has 0 bridgehead atoms. The SMILES string of the molecule is CCOc1cc(/C=C2\SC(=O)N(CC(=O)Nc3cc(C(F)(F)F)ccc3OC)C2=O)cc(Br)c1OCc1ccc2ccccc2c1. The lowest BCUT2D eigenvalue weighted by Gasteiger charge is -2.16. The molecule has 0 atom stereocenters. The molecule has 0 saturated carbocycles. The predicted molar refractivity (Wildman–Crippen MR) is 173 cm³/mol. The second kappa shape index (κ2) is 13.9. The standard InChI is InChI=1S/C33H26BrF3N2O6S/c1-3-44-27-14-20(13-24(34)30(27)45-18-19-8-9-21-6-4-5-7-22(21)12-19)15-28-31(41)39(32(42)46-28)17-29(40)38-25-16-23(33(35,36)37)10-11-26(25)43-2/h4-16H,3,17-18H2,1-2H3,(H,38,40)/b28-15-. The molecular formula is C33H26BrF3N2O6S. The van der Waals surface area contributed by atoms with Gasteiger partial charge < -0.3 is 19.5 Å². The topological polar surface area (TPSA) is 94.2 Å². The number of ether oxygens (including phenoxy) is 3. The maximum Gasteiger partial charge on any atom is 0.416 e. The van der Waals surface area contributed by atoms with Crippen LogP contribution in [0.1, 0.15) is 23.6 Å². The van der Waals surface area contributed by atoms with E-state index in [4.69, 9.17) is 14.2 Å². The molecule has 0 spiro atoms. The highest BCUT2D eigenvalue weighted by Gasteiger charge is 2.37. The van der Waals surface area contributed by atoms with Crippen molar-refractivity contribution in [2.75, 3.05) is 25.6 Å². The summed E-state index contributed by atoms with van der Waals surface area (Å²) in [5.74, 6) is -0.752. The van der Waals surface area contributed by atoms with Crippen LogP contribution in [0.25, 0.3) is 16.8 Å². The van der Waals surface area contributed by atoms with Gasteiger partial charge in [0.15, 0.2) is 11.5 Å². The Morgan fingerprint density at radius 3 is 2.46 bits per heavy atom. The minimum absolute atomic E-state index is 0.0178. The molecule has 1 aliphatic rings. The third-order valence-electron chi connectivity index (χ3n) is 6.80. The van der Waals surface area contributed by atoms with E-state index < -0.39 is 35.3 Å². The summed E-state index contributed by atoms with van der Waals surface area (Å²) in [5, 5.41) is 3.80. The van der Waals surface area contributed by atoms with Gasteiger partial charge in [0.1, 0.15) is 18.9 Å². The number of hydrogen-bond donors (Lipinski definition) is 1. The highest BCUT2D eigenvalue weighted by molar-refractivity contribution is 9.10. The third kappa shape index (κ3) is 7.48. The Morgan fingerprint density at radius 1 is 0.978 bits per heavy atom. The van der Waals surface area contributed by atoms with Crippen LogP contribution in [-0.2, 0) is 22.4 Å². The fourth-order valence-corrected chi connectivity index (χ4v) is 6.07. The average molecular weight is 716 g/mol. The first-order valence-electron chi connectivity index (χ1n) is 13.8. The van der Waals surface area contributed by atoms with E-state index in [1.807, 2.05) is 49.4 Å². The highest BCUT2D eigenvalue weighted by atomic mass is 79.9. The number of thioether (sulfide) groups is 1. The maximum atomic E-state index is 13.2. The van der Waals surface area contributed by atoms with E-state index >= 15 is 0 Å². The highest BCUT2D eigenvalue weighted by Crippen LogP contribution is 2.40. The van der Waals surface area contributed by atoms with E-state index in [9.17, 15) is 27.6 Å². The molecule has 1 fully saturated rings. The number of halogens is 4. The molecule has 3 amide bonds. The lowest BCUT2D eigenvalue weighted by molar-refractivity contribution is -0.137. The van der Waals surface area contributed by atoms with Gasteiger partial charge in [-0.25, -0.2) is 0 Å². The number of imide groups is 1. The van der Waals surface area contributed by atoms with E-state index in [1.54, 1.807) is 12.1 Å². The zero-order valence-electron chi connectivity index (χ0n) is 24.4. The largest absolute Gasteiger partial charge is 0.495 e. The number of methoxy groups -OCH3 is 1. The third-order valence-corrected chi connectivity index (χ3v) is 8.30. The van der Waals surface area contributed by atoms with Gasteiger partial charge in [0.2, 0.25) is 5.91 Å². The van der Waals surface area contributed by atoms with E-state index in [2.05, 4.69) is 21.2 Å². The van der Waals surface area contributed by atoms with Gasteiger partial charge in [-0.15, -0.1) is 0 Å². The predicted octanol–water partition coefficient (Wildman–Crippen LogP) is 8.28. The van der Waals surface area contributed by atoms with E-state index in [-0.39, 0.29) is 22.9 Å². The van der Waals surface area contributed by atoms with Crippen molar-refractivity contribution in [1.29, 1.82) is 0 Å². The van der Waals surface area contributed by atoms with Gasteiger partial charge in [-0.05, 0) is 99.0 Å². The maximum absolute atomic E-state index is 13.2. The van der Waals surface area contributed by atoms with Crippen LogP contribution in [0.5, 0.6) is 17.2 Å². The molecule has 1 N–H and O–H groups in total. The normalized spacial score (nSPS) is 14.2. The van der Waals surface area contributed by atoms with Crippen molar-refractivity contribution in [2.24, 2.45) is 0 Å². The smallest absolute Gasteiger partial charge is 0.416 e. The van der Waals surface area contributed by atoms with Crippen LogP contribution in [0, 0.1) is 0 Å². The van der Waals surface area contributed by atoms with Crippen LogP contribution in [0.15, 0.2) is 82.2 Å². The van der Waals surface area contributed by atoms with Crippen molar-refractivity contribution >= 4 is 67.3 Å². The Morgan fingerprint density at radius 2 is 1.74 bits per heavy atom. The van der Waals surface area contributed by atoms with E-state index in [0.717, 1.165) is 28.5 Å². The van der Waals surface area contributed by atoms with Crippen LogP contribution in [0.2, 0.25) is 0 Å². The monoisotopic (exact) mass is 714 g/mol. The summed E-state index contributed by atoms with van der Waals surface area (Å²) < 4.78 is 57.1. The number of nitrogens with one attached hydrogen (secondary N) is 1. The number of carbonyl (C=O) groups is 3. The van der Waals surface area contributed by atoms with Crippen molar-refractivity contribution in [3.05, 3.63) is 98.9 Å². The van der Waals surface area contributed by atoms with Crippen molar-refractivity contribution in [3.8, 4) is 17.2 Å². The fourth-order valence-electron chi connectivity index (χ4n) is 4.66. The first kappa shape index (κ1) is 32.9. The Hall–Kier alpha value is -4.49. The van der Waals surface area contributed by atoms with Gasteiger partial charge >= 0.3 is 6.18 Å². The summed E-state index contributed by atoms with van der Waals surface area (Å²) in [7, 11) is 1.23. The van der Waals surface area contributed by atoms with Crippen LogP contribution in [0.3, 0.4) is 0 Å². The minimum Gasteiger partial charge on any atom is -0.495 e. The molecule has 8 nitrogen and oxygen atoms in total. The summed E-state index contributed by atoms with van der Waals surface area (Å²) in [5.41, 5.74) is 0.236. The van der Waals surface area contributed by atoms with Gasteiger partial charge in [-0.2, -0.15) is 13.2 Å². The number of anilines is 1. The number of rotatable bonds is 10. The van der Waals surface area contributed by atoms with E-state index in [0.29, 0.717) is 50.9 Å². The minimum atomic E-state index is -4.65. The van der Waals surface area contributed by atoms with Gasteiger partial charge in [-0.3, -0.25) is 19.3 Å². The molecular weight excluding hydrogens is 689 g/mol. The van der Waals surface area contributed by atoms with E-state index in [1.165, 1.54) is 13.2 Å². The molecule has 4 aromatic carbocycles. The number of benzene rings is 4. The van der Waals surface area contributed by atoms with Crippen LogP contribution < -0.4 is 19.5 Å². The zero-order chi connectivity index (χ0) is 33.0. The molecule has 0 radical (unpaired) electrons. The fraction of sp³-hybridized carbons (Fsp3) is 0.182. The van der Waals surface area contributed by atoms with Gasteiger partial charge in [0.25, 0.3) is 11.1 Å². The first-order valence-corrected chi connectivity index (χ1v) is 15.4. The van der Waals surface area contributed by atoms with Gasteiger partial charge in [0.05, 0.1) is 34.3 Å². The molecule has 0 unspecified atom stereocenters. The Balaban J connectivity index is 1.30. The molecule has 0 aliphatic carbocycles. The van der Waals surface area contributed by atoms with Crippen LogP contribution >= 0.6 is 27.7 Å². The van der Waals surface area contributed by atoms with Crippen molar-refractivity contribution in [2.45, 2.75) is 19.7 Å². The van der Waals surface area contributed by atoms with Crippen LogP contribution in [0.4, 0.5) is 23.7 Å². The first-order chi connectivity index (χ1) is 22.0. The van der Waals surface area contributed by atoms with Gasteiger partial charge in [-0.1, -0.05) is 36.4 Å². The molecule has 4 aromatic rings. The lowest BCUT2D eigenvalue weighted by atomic mass is 10.1. The number of amides is 3. The molecule has 238 valence electrons. The molecule has 46 heavy (non-hydrogen) atoms. The molecule has 13 heteroatoms. The molecule has 1 saturated heterocycles. The number of nitrogens with zero attached hydrogens (tertiary/aromatic N) is 1. The summed E-state index contributed by atoms with van der Waals surface area (Å²) in [6.07, 6.45) is -3.17. The van der Waals surface area contributed by atoms with Gasteiger partial charge in [0, 0.05) is 0 Å². The lowest BCUT2D eigenvalue weighted by Crippen LogP contribution is -2.36. The second-order valence-electron chi connectivity index (χ2n) is 9.96. The molecule has 1 aliphatic heterocycles. The second-order valence-corrected chi connectivity index (χ2v) is 11.8. The van der Waals surface area contributed by atoms with Crippen LogP contribution in [-0.4, -0.2) is 42.2 Å². The molecule has 5 rings (SSSR count). The number of carbonyl (C=O) groups excluding carboxylic acids is 3. The quantitative estimate of drug-likeness (QED) is 0.165. The summed E-state index contributed by atoms with van der Waals surface area (Å²) in [6, 6.07) is 20.0. The Kier molecular flexibility index (Phi) is 9.92. The summed E-state index contributed by atoms with van der Waals surface area (Å²) in [4.78, 5) is 39.3. The number of hydrogen-bond acceptors (Lipinski definition) is 7. The molecule has 0 aromatic heterocycles. The Labute approximate surface area is 274 Å². The number of alkyl halides is 3. The average Bonchev–Trinajstić information content (AvgIpc) is 3.27. The summed E-state index contributed by atoms with van der Waals surface area (Å²) in [6.45, 7) is 1.72. The number of fused-ring (bicyclic) bond motifs is 1. The Bertz CT molecular complexity index is 1860. The summed E-state index contributed by atoms with van der Waals surface area (Å²) >= 11 is 4.16.